The van der Waals surface area contributed by atoms with Crippen molar-refractivity contribution in [3.8, 4) is 5.75 Å². The highest BCUT2D eigenvalue weighted by Crippen LogP contribution is 2.40. The van der Waals surface area contributed by atoms with Crippen molar-refractivity contribution in [2.75, 3.05) is 12.9 Å². The molecule has 2 aromatic rings. The highest BCUT2D eigenvalue weighted by Gasteiger charge is 2.33. The summed E-state index contributed by atoms with van der Waals surface area (Å²) in [7, 11) is 1.64. The Balaban J connectivity index is 1.84. The standard InChI is InChI=1S/C16H17N3O2S/c1-11-7-18-13(8-17-11)9-19-15(20)10-22-16(19)12-4-3-5-14(6-12)21-2/h3-8,16H,9-10H2,1-2H3. The molecule has 1 aromatic carbocycles. The SMILES string of the molecule is COc1cccc(C2SCC(=O)N2Cc2cnc(C)cn2)c1. The van der Waals surface area contributed by atoms with Crippen molar-refractivity contribution >= 4 is 17.7 Å². The molecule has 1 unspecified atom stereocenters. The second kappa shape index (κ2) is 6.36. The minimum atomic E-state index is -0.00861. The largest absolute Gasteiger partial charge is 0.497 e. The van der Waals surface area contributed by atoms with E-state index in [0.29, 0.717) is 12.3 Å². The number of aromatic nitrogens is 2. The second-order valence-corrected chi connectivity index (χ2v) is 6.18. The maximum atomic E-state index is 12.2. The lowest BCUT2D eigenvalue weighted by Gasteiger charge is -2.24. The van der Waals surface area contributed by atoms with Crippen LogP contribution in [0.1, 0.15) is 22.3 Å². The van der Waals surface area contributed by atoms with Gasteiger partial charge in [0, 0.05) is 6.20 Å². The van der Waals surface area contributed by atoms with Gasteiger partial charge in [0.15, 0.2) is 0 Å². The van der Waals surface area contributed by atoms with Crippen LogP contribution in [0.3, 0.4) is 0 Å². The van der Waals surface area contributed by atoms with Crippen LogP contribution in [0.2, 0.25) is 0 Å². The summed E-state index contributed by atoms with van der Waals surface area (Å²) >= 11 is 1.63. The monoisotopic (exact) mass is 315 g/mol. The molecule has 0 aliphatic carbocycles. The smallest absolute Gasteiger partial charge is 0.234 e. The first kappa shape index (κ1) is 14.8. The van der Waals surface area contributed by atoms with Gasteiger partial charge in [0.1, 0.15) is 11.1 Å². The first-order valence-corrected chi connectivity index (χ1v) is 8.05. The number of carbonyl (C=O) groups excluding carboxylic acids is 1. The highest BCUT2D eigenvalue weighted by molar-refractivity contribution is 8.00. The van der Waals surface area contributed by atoms with Gasteiger partial charge in [-0.1, -0.05) is 12.1 Å². The van der Waals surface area contributed by atoms with E-state index in [1.54, 1.807) is 31.3 Å². The molecule has 1 atom stereocenters. The molecule has 114 valence electrons. The quantitative estimate of drug-likeness (QED) is 0.868. The van der Waals surface area contributed by atoms with Crippen LogP contribution in [0, 0.1) is 6.92 Å². The molecular formula is C16H17N3O2S. The van der Waals surface area contributed by atoms with Gasteiger partial charge in [-0.05, 0) is 24.6 Å². The van der Waals surface area contributed by atoms with Gasteiger partial charge in [-0.2, -0.15) is 0 Å². The van der Waals surface area contributed by atoms with Gasteiger partial charge in [-0.3, -0.25) is 14.8 Å². The van der Waals surface area contributed by atoms with E-state index in [1.165, 1.54) is 0 Å². The van der Waals surface area contributed by atoms with Crippen LogP contribution in [0.4, 0.5) is 0 Å². The van der Waals surface area contributed by atoms with Gasteiger partial charge in [0.05, 0.1) is 37.0 Å². The predicted molar refractivity (Wildman–Crippen MR) is 85.5 cm³/mol. The Morgan fingerprint density at radius 1 is 1.36 bits per heavy atom. The number of rotatable bonds is 4. The first-order valence-electron chi connectivity index (χ1n) is 7.00. The lowest BCUT2D eigenvalue weighted by Crippen LogP contribution is -2.28. The summed E-state index contributed by atoms with van der Waals surface area (Å²) in [6.07, 6.45) is 3.46. The maximum Gasteiger partial charge on any atom is 0.234 e. The van der Waals surface area contributed by atoms with Gasteiger partial charge in [0.25, 0.3) is 0 Å². The van der Waals surface area contributed by atoms with E-state index in [-0.39, 0.29) is 11.3 Å². The van der Waals surface area contributed by atoms with E-state index in [2.05, 4.69) is 9.97 Å². The van der Waals surface area contributed by atoms with Crippen LogP contribution in [0.25, 0.3) is 0 Å². The molecule has 0 radical (unpaired) electrons. The van der Waals surface area contributed by atoms with Gasteiger partial charge in [-0.25, -0.2) is 0 Å². The normalized spacial score (nSPS) is 17.8. The zero-order chi connectivity index (χ0) is 15.5. The van der Waals surface area contributed by atoms with Crippen LogP contribution >= 0.6 is 11.8 Å². The number of amides is 1. The topological polar surface area (TPSA) is 55.3 Å². The summed E-state index contributed by atoms with van der Waals surface area (Å²) < 4.78 is 5.27. The molecule has 0 N–H and O–H groups in total. The summed E-state index contributed by atoms with van der Waals surface area (Å²) in [6.45, 7) is 2.37. The molecule has 22 heavy (non-hydrogen) atoms. The van der Waals surface area contributed by atoms with Crippen molar-refractivity contribution in [3.05, 3.63) is 53.6 Å². The Morgan fingerprint density at radius 2 is 2.23 bits per heavy atom. The molecule has 1 saturated heterocycles. The summed E-state index contributed by atoms with van der Waals surface area (Å²) in [4.78, 5) is 22.6. The number of ether oxygens (including phenoxy) is 1. The van der Waals surface area contributed by atoms with Crippen LogP contribution in [0.15, 0.2) is 36.7 Å². The van der Waals surface area contributed by atoms with Crippen molar-refractivity contribution in [2.24, 2.45) is 0 Å². The lowest BCUT2D eigenvalue weighted by molar-refractivity contribution is -0.128. The van der Waals surface area contributed by atoms with E-state index >= 15 is 0 Å². The van der Waals surface area contributed by atoms with E-state index < -0.39 is 0 Å². The minimum Gasteiger partial charge on any atom is -0.497 e. The van der Waals surface area contributed by atoms with Crippen LogP contribution in [-0.2, 0) is 11.3 Å². The number of benzene rings is 1. The molecule has 0 spiro atoms. The van der Waals surface area contributed by atoms with Crippen molar-refractivity contribution < 1.29 is 9.53 Å². The minimum absolute atomic E-state index is 0.00861. The molecule has 1 aliphatic heterocycles. The van der Waals surface area contributed by atoms with Gasteiger partial charge in [-0.15, -0.1) is 11.8 Å². The molecule has 1 fully saturated rings. The highest BCUT2D eigenvalue weighted by atomic mass is 32.2. The number of thioether (sulfide) groups is 1. The fraction of sp³-hybridized carbons (Fsp3) is 0.312. The Labute approximate surface area is 133 Å². The van der Waals surface area contributed by atoms with E-state index in [1.807, 2.05) is 36.1 Å². The Kier molecular flexibility index (Phi) is 4.29. The van der Waals surface area contributed by atoms with Crippen molar-refractivity contribution in [3.63, 3.8) is 0 Å². The first-order chi connectivity index (χ1) is 10.7. The Morgan fingerprint density at radius 3 is 2.95 bits per heavy atom. The number of nitrogens with zero attached hydrogens (tertiary/aromatic N) is 3. The zero-order valence-corrected chi connectivity index (χ0v) is 13.3. The molecule has 0 saturated carbocycles. The molecule has 1 aromatic heterocycles. The molecule has 5 nitrogen and oxygen atoms in total. The molecule has 1 amide bonds. The summed E-state index contributed by atoms with van der Waals surface area (Å²) in [6, 6.07) is 7.85. The fourth-order valence-corrected chi connectivity index (χ4v) is 3.55. The average molecular weight is 315 g/mol. The van der Waals surface area contributed by atoms with Crippen molar-refractivity contribution in [1.82, 2.24) is 14.9 Å². The molecular weight excluding hydrogens is 298 g/mol. The number of aryl methyl sites for hydroxylation is 1. The van der Waals surface area contributed by atoms with E-state index in [0.717, 1.165) is 22.7 Å². The Bertz CT molecular complexity index is 675. The van der Waals surface area contributed by atoms with Crippen molar-refractivity contribution in [2.45, 2.75) is 18.8 Å². The number of hydrogen-bond acceptors (Lipinski definition) is 5. The third-order valence-corrected chi connectivity index (χ3v) is 4.77. The summed E-state index contributed by atoms with van der Waals surface area (Å²) in [5.74, 6) is 1.41. The number of carbonyl (C=O) groups is 1. The number of hydrogen-bond donors (Lipinski definition) is 0. The third-order valence-electron chi connectivity index (χ3n) is 3.51. The fourth-order valence-electron chi connectivity index (χ4n) is 2.37. The average Bonchev–Trinajstić information content (AvgIpc) is 2.91. The zero-order valence-electron chi connectivity index (χ0n) is 12.5. The summed E-state index contributed by atoms with van der Waals surface area (Å²) in [5, 5.41) is -0.00861. The van der Waals surface area contributed by atoms with Gasteiger partial charge >= 0.3 is 0 Å². The molecule has 2 heterocycles. The molecule has 3 rings (SSSR count). The van der Waals surface area contributed by atoms with Gasteiger partial charge in [0.2, 0.25) is 5.91 Å². The predicted octanol–water partition coefficient (Wildman–Crippen LogP) is 2.57. The van der Waals surface area contributed by atoms with Crippen LogP contribution in [-0.4, -0.2) is 33.6 Å². The van der Waals surface area contributed by atoms with Crippen LogP contribution < -0.4 is 4.74 Å². The summed E-state index contributed by atoms with van der Waals surface area (Å²) in [5.41, 5.74) is 2.74. The van der Waals surface area contributed by atoms with Crippen molar-refractivity contribution in [1.29, 1.82) is 0 Å². The van der Waals surface area contributed by atoms with Gasteiger partial charge < -0.3 is 9.64 Å². The maximum absolute atomic E-state index is 12.2. The molecule has 1 aliphatic rings. The third kappa shape index (κ3) is 3.06. The van der Waals surface area contributed by atoms with E-state index in [9.17, 15) is 4.79 Å². The van der Waals surface area contributed by atoms with Crippen LogP contribution in [0.5, 0.6) is 5.75 Å². The number of methoxy groups -OCH3 is 1. The Hall–Kier alpha value is -2.08. The second-order valence-electron chi connectivity index (χ2n) is 5.11. The molecule has 6 heteroatoms. The van der Waals surface area contributed by atoms with E-state index in [4.69, 9.17) is 4.74 Å². The lowest BCUT2D eigenvalue weighted by atomic mass is 10.2. The molecule has 0 bridgehead atoms.